The smallest absolute Gasteiger partial charge is 0.236 e. The third-order valence-corrected chi connectivity index (χ3v) is 0.577. The number of rotatable bonds is 2. The van der Waals surface area contributed by atoms with Crippen LogP contribution in [0.1, 0.15) is 0 Å². The number of hydrogen-bond acceptors (Lipinski definition) is 3. The van der Waals surface area contributed by atoms with Gasteiger partial charge in [0, 0.05) is 0 Å². The number of hydrogen-bond donors (Lipinski definition) is 1. The molecule has 0 amide bonds. The molecule has 0 saturated heterocycles. The molecule has 44 valence electrons. The first-order valence-electron chi connectivity index (χ1n) is 1.11. The van der Waals surface area contributed by atoms with Gasteiger partial charge in [-0.1, -0.05) is 9.46 Å². The second kappa shape index (κ2) is 2.32. The molecule has 0 aromatic heterocycles. The van der Waals surface area contributed by atoms with Gasteiger partial charge in [-0.05, 0) is 9.05 Å². The van der Waals surface area contributed by atoms with Crippen LogP contribution < -0.4 is 5.50 Å². The first-order valence-corrected chi connectivity index (χ1v) is 2.73. The molecule has 0 heterocycles. The zero-order valence-electron chi connectivity index (χ0n) is 3.01. The molecule has 0 aromatic carbocycles. The van der Waals surface area contributed by atoms with E-state index in [1.165, 1.54) is 0 Å². The fourth-order valence-corrected chi connectivity index (χ4v) is 0.0319. The Balaban J connectivity index is 3.61. The van der Waals surface area contributed by atoms with E-state index in [0.717, 1.165) is 0 Å². The van der Waals surface area contributed by atoms with E-state index in [9.17, 15) is 13.6 Å². The average Bonchev–Trinajstić information content (AvgIpc) is 1.68. The molecule has 0 unspecified atom stereocenters. The molecule has 0 bridgehead atoms. The number of nitrogens with two attached hydrogens (primary N) is 1. The van der Waals surface area contributed by atoms with Crippen LogP contribution in [0.15, 0.2) is 0 Å². The summed E-state index contributed by atoms with van der Waals surface area (Å²) < 4.78 is 35.2. The molecule has 0 atom stereocenters. The van der Waals surface area contributed by atoms with Crippen LogP contribution in [0.4, 0.5) is 9.05 Å². The van der Waals surface area contributed by atoms with E-state index in [4.69, 9.17) is 0 Å². The van der Waals surface area contributed by atoms with Crippen LogP contribution in [0.3, 0.4) is 0 Å². The molecule has 0 rings (SSSR count). The van der Waals surface area contributed by atoms with Crippen molar-refractivity contribution >= 4 is 7.75 Å². The zero-order chi connectivity index (χ0) is 5.91. The van der Waals surface area contributed by atoms with Crippen LogP contribution in [-0.2, 0) is 14.0 Å². The topological polar surface area (TPSA) is 61.6 Å². The largest absolute Gasteiger partial charge is 0.464 e. The van der Waals surface area contributed by atoms with Crippen LogP contribution in [0.2, 0.25) is 0 Å². The Bertz CT molecular complexity index is 84.9. The van der Waals surface area contributed by atoms with E-state index in [1.54, 1.807) is 0 Å². The Hall–Kier alpha value is -0.0300. The minimum atomic E-state index is -4.49. The standard InChI is InChI=1S/F2H2NO3P/c1-5-7(3,4)6-2/h(H2,3,4). The van der Waals surface area contributed by atoms with E-state index in [-0.39, 0.29) is 0 Å². The van der Waals surface area contributed by atoms with Gasteiger partial charge < -0.3 is 0 Å². The molecule has 0 fully saturated rings. The van der Waals surface area contributed by atoms with Crippen molar-refractivity contribution in [1.29, 1.82) is 0 Å². The van der Waals surface area contributed by atoms with E-state index in [1.807, 2.05) is 0 Å². The van der Waals surface area contributed by atoms with Crippen LogP contribution in [0, 0.1) is 0 Å². The first-order chi connectivity index (χ1) is 3.12. The average molecular weight is 133 g/mol. The van der Waals surface area contributed by atoms with Crippen molar-refractivity contribution in [3.05, 3.63) is 0 Å². The summed E-state index contributed by atoms with van der Waals surface area (Å²) in [4.78, 5) is 0. The molecule has 7 heavy (non-hydrogen) atoms. The summed E-state index contributed by atoms with van der Waals surface area (Å²) in [5.41, 5.74) is 4.08. The minimum absolute atomic E-state index is 2.32. The van der Waals surface area contributed by atoms with Crippen molar-refractivity contribution in [3.63, 3.8) is 0 Å². The maximum Gasteiger partial charge on any atom is 0.464 e. The summed E-state index contributed by atoms with van der Waals surface area (Å²) in [5.74, 6) is 0. The summed E-state index contributed by atoms with van der Waals surface area (Å²) in [7, 11) is -4.49. The van der Waals surface area contributed by atoms with Gasteiger partial charge >= 0.3 is 7.75 Å². The zero-order valence-corrected chi connectivity index (χ0v) is 3.90. The summed E-state index contributed by atoms with van der Waals surface area (Å²) >= 11 is 0. The van der Waals surface area contributed by atoms with Crippen molar-refractivity contribution in [2.24, 2.45) is 5.50 Å². The molecule has 7 heteroatoms. The summed E-state index contributed by atoms with van der Waals surface area (Å²) in [6.07, 6.45) is 0. The lowest BCUT2D eigenvalue weighted by atomic mass is 13.9. The maximum atomic E-state index is 10.5. The lowest BCUT2D eigenvalue weighted by Gasteiger charge is -1.93. The highest BCUT2D eigenvalue weighted by Gasteiger charge is 2.18. The molecule has 4 nitrogen and oxygen atoms in total. The fraction of sp³-hybridized carbons (Fsp3) is 0. The molecule has 2 N–H and O–H groups in total. The van der Waals surface area contributed by atoms with Crippen LogP contribution in [0.25, 0.3) is 0 Å². The third kappa shape index (κ3) is 2.64. The Kier molecular flexibility index (Phi) is 2.31. The van der Waals surface area contributed by atoms with Gasteiger partial charge in [0.05, 0.1) is 0 Å². The molecule has 0 radical (unpaired) electrons. The van der Waals surface area contributed by atoms with Gasteiger partial charge in [0.1, 0.15) is 0 Å². The summed E-state index contributed by atoms with van der Waals surface area (Å²) in [6, 6.07) is 0. The molecular formula is H2F2NO3P. The van der Waals surface area contributed by atoms with Gasteiger partial charge in [0.2, 0.25) is 0 Å². The van der Waals surface area contributed by atoms with E-state index < -0.39 is 7.75 Å². The van der Waals surface area contributed by atoms with Crippen molar-refractivity contribution < 1.29 is 23.1 Å². The third-order valence-electron chi connectivity index (χ3n) is 0.192. The summed E-state index contributed by atoms with van der Waals surface area (Å²) in [5, 5.41) is 0. The Morgan fingerprint density at radius 1 is 1.43 bits per heavy atom. The van der Waals surface area contributed by atoms with E-state index >= 15 is 0 Å². The first kappa shape index (κ1) is 6.97. The van der Waals surface area contributed by atoms with Crippen LogP contribution in [0.5, 0.6) is 0 Å². The Morgan fingerprint density at radius 3 is 1.71 bits per heavy atom. The predicted molar refractivity (Wildman–Crippen MR) is 16.2 cm³/mol. The quantitative estimate of drug-likeness (QED) is 0.567. The molecule has 0 aliphatic rings. The van der Waals surface area contributed by atoms with Crippen LogP contribution >= 0.6 is 7.75 Å². The molecule has 0 saturated carbocycles. The van der Waals surface area contributed by atoms with Crippen LogP contribution in [-0.4, -0.2) is 0 Å². The second-order valence-corrected chi connectivity index (χ2v) is 2.03. The van der Waals surface area contributed by atoms with E-state index in [0.29, 0.717) is 0 Å². The highest BCUT2D eigenvalue weighted by molar-refractivity contribution is 7.50. The Morgan fingerprint density at radius 2 is 1.71 bits per heavy atom. The molecule has 0 aromatic rings. The lowest BCUT2D eigenvalue weighted by molar-refractivity contribution is -0.0876. The monoisotopic (exact) mass is 133 g/mol. The maximum absolute atomic E-state index is 10.5. The van der Waals surface area contributed by atoms with Gasteiger partial charge in [0.15, 0.2) is 0 Å². The van der Waals surface area contributed by atoms with Gasteiger partial charge in [-0.25, -0.2) is 10.1 Å². The predicted octanol–water partition coefficient (Wildman–Crippen LogP) is 0.855. The molecule has 0 spiro atoms. The molecular weight excluding hydrogens is 131 g/mol. The van der Waals surface area contributed by atoms with Crippen molar-refractivity contribution in [2.75, 3.05) is 0 Å². The highest BCUT2D eigenvalue weighted by atomic mass is 31.2. The second-order valence-electron chi connectivity index (χ2n) is 0.678. The molecule has 0 aliphatic heterocycles. The van der Waals surface area contributed by atoms with Gasteiger partial charge in [-0.2, -0.15) is 0 Å². The SMILES string of the molecule is NP(=O)(OF)OF. The fourth-order valence-electron chi connectivity index (χ4n) is 0.0106. The Labute approximate surface area is 37.6 Å². The van der Waals surface area contributed by atoms with Crippen molar-refractivity contribution in [3.8, 4) is 0 Å². The van der Waals surface area contributed by atoms with Gasteiger partial charge in [-0.15, -0.1) is 0 Å². The highest BCUT2D eigenvalue weighted by Crippen LogP contribution is 2.39. The minimum Gasteiger partial charge on any atom is -0.236 e. The molecule has 0 aliphatic carbocycles. The van der Waals surface area contributed by atoms with E-state index in [2.05, 4.69) is 15.0 Å². The van der Waals surface area contributed by atoms with Crippen molar-refractivity contribution in [1.82, 2.24) is 0 Å². The number of halogens is 2. The normalized spacial score (nSPS) is 11.9. The lowest BCUT2D eigenvalue weighted by Crippen LogP contribution is -1.92. The van der Waals surface area contributed by atoms with Crippen molar-refractivity contribution in [2.45, 2.75) is 0 Å². The van der Waals surface area contributed by atoms with Gasteiger partial charge in [-0.3, -0.25) is 0 Å². The van der Waals surface area contributed by atoms with Gasteiger partial charge in [0.25, 0.3) is 0 Å². The summed E-state index contributed by atoms with van der Waals surface area (Å²) in [6.45, 7) is 0.